The standard InChI is InChI=1S/C12H14BrNO3/c13-10-3-1-2-9(8-10)4-5-11(15)14-7-6-12(16)17/h1-3,8H,4-7H2,(H,14,15)(H,16,17). The van der Waals surface area contributed by atoms with Crippen molar-refractivity contribution in [2.24, 2.45) is 0 Å². The number of halogens is 1. The van der Waals surface area contributed by atoms with Crippen LogP contribution in [0.2, 0.25) is 0 Å². The van der Waals surface area contributed by atoms with Crippen LogP contribution in [0.25, 0.3) is 0 Å². The lowest BCUT2D eigenvalue weighted by atomic mass is 10.1. The number of carboxylic acids is 1. The Kier molecular flexibility index (Phi) is 5.69. The minimum Gasteiger partial charge on any atom is -0.481 e. The quantitative estimate of drug-likeness (QED) is 0.844. The molecule has 0 saturated heterocycles. The lowest BCUT2D eigenvalue weighted by Gasteiger charge is -2.04. The number of rotatable bonds is 6. The minimum absolute atomic E-state index is 0.0391. The third-order valence-electron chi connectivity index (χ3n) is 2.19. The Morgan fingerprint density at radius 3 is 2.71 bits per heavy atom. The van der Waals surface area contributed by atoms with Gasteiger partial charge in [0, 0.05) is 17.4 Å². The van der Waals surface area contributed by atoms with E-state index in [9.17, 15) is 9.59 Å². The zero-order valence-corrected chi connectivity index (χ0v) is 10.9. The van der Waals surface area contributed by atoms with Gasteiger partial charge in [0.2, 0.25) is 5.91 Å². The van der Waals surface area contributed by atoms with E-state index in [-0.39, 0.29) is 18.9 Å². The molecule has 0 unspecified atom stereocenters. The maximum Gasteiger partial charge on any atom is 0.305 e. The first kappa shape index (κ1) is 13.7. The summed E-state index contributed by atoms with van der Waals surface area (Å²) in [7, 11) is 0. The molecule has 0 aliphatic rings. The summed E-state index contributed by atoms with van der Waals surface area (Å²) in [5, 5.41) is 11.0. The Morgan fingerprint density at radius 1 is 1.29 bits per heavy atom. The molecule has 0 aliphatic carbocycles. The number of aryl methyl sites for hydroxylation is 1. The largest absolute Gasteiger partial charge is 0.481 e. The smallest absolute Gasteiger partial charge is 0.305 e. The van der Waals surface area contributed by atoms with Crippen LogP contribution in [0, 0.1) is 0 Å². The number of aliphatic carboxylic acids is 1. The highest BCUT2D eigenvalue weighted by atomic mass is 79.9. The van der Waals surface area contributed by atoms with Gasteiger partial charge in [0.25, 0.3) is 0 Å². The van der Waals surface area contributed by atoms with Crippen molar-refractivity contribution in [3.63, 3.8) is 0 Å². The number of benzene rings is 1. The number of amides is 1. The van der Waals surface area contributed by atoms with Crippen molar-refractivity contribution in [3.05, 3.63) is 34.3 Å². The predicted molar refractivity (Wildman–Crippen MR) is 67.7 cm³/mol. The topological polar surface area (TPSA) is 66.4 Å². The summed E-state index contributed by atoms with van der Waals surface area (Å²) < 4.78 is 0.987. The summed E-state index contributed by atoms with van der Waals surface area (Å²) in [5.41, 5.74) is 1.08. The van der Waals surface area contributed by atoms with Gasteiger partial charge in [-0.3, -0.25) is 9.59 Å². The fraction of sp³-hybridized carbons (Fsp3) is 0.333. The van der Waals surface area contributed by atoms with Gasteiger partial charge in [0.05, 0.1) is 6.42 Å². The Bertz CT molecular complexity index is 406. The van der Waals surface area contributed by atoms with Crippen LogP contribution >= 0.6 is 15.9 Å². The van der Waals surface area contributed by atoms with Crippen molar-refractivity contribution in [2.75, 3.05) is 6.54 Å². The predicted octanol–water partition coefficient (Wildman–Crippen LogP) is 1.97. The van der Waals surface area contributed by atoms with E-state index in [4.69, 9.17) is 5.11 Å². The molecule has 0 fully saturated rings. The van der Waals surface area contributed by atoms with Gasteiger partial charge in [-0.15, -0.1) is 0 Å². The van der Waals surface area contributed by atoms with Gasteiger partial charge >= 0.3 is 5.97 Å². The van der Waals surface area contributed by atoms with Gasteiger partial charge in [-0.2, -0.15) is 0 Å². The second kappa shape index (κ2) is 7.06. The summed E-state index contributed by atoms with van der Waals surface area (Å²) >= 11 is 3.36. The van der Waals surface area contributed by atoms with E-state index >= 15 is 0 Å². The first-order valence-corrected chi connectivity index (χ1v) is 6.10. The molecule has 1 aromatic carbocycles. The van der Waals surface area contributed by atoms with E-state index in [1.807, 2.05) is 24.3 Å². The van der Waals surface area contributed by atoms with Crippen LogP contribution in [-0.4, -0.2) is 23.5 Å². The van der Waals surface area contributed by atoms with E-state index in [0.717, 1.165) is 10.0 Å². The average Bonchev–Trinajstić information content (AvgIpc) is 2.26. The van der Waals surface area contributed by atoms with E-state index in [0.29, 0.717) is 12.8 Å². The van der Waals surface area contributed by atoms with Crippen molar-refractivity contribution in [2.45, 2.75) is 19.3 Å². The first-order valence-electron chi connectivity index (χ1n) is 5.31. The molecule has 1 aromatic rings. The van der Waals surface area contributed by atoms with Gasteiger partial charge in [-0.05, 0) is 24.1 Å². The molecule has 0 spiro atoms. The number of nitrogens with one attached hydrogen (secondary N) is 1. The molecular weight excluding hydrogens is 286 g/mol. The molecule has 0 bridgehead atoms. The Balaban J connectivity index is 2.26. The second-order valence-electron chi connectivity index (χ2n) is 3.62. The van der Waals surface area contributed by atoms with Crippen LogP contribution in [0.15, 0.2) is 28.7 Å². The lowest BCUT2D eigenvalue weighted by molar-refractivity contribution is -0.136. The molecule has 0 saturated carbocycles. The average molecular weight is 300 g/mol. The molecule has 1 amide bonds. The zero-order chi connectivity index (χ0) is 12.7. The van der Waals surface area contributed by atoms with Gasteiger partial charge in [-0.25, -0.2) is 0 Å². The fourth-order valence-corrected chi connectivity index (χ4v) is 1.79. The maximum absolute atomic E-state index is 11.4. The third kappa shape index (κ3) is 6.06. The van der Waals surface area contributed by atoms with Crippen LogP contribution in [-0.2, 0) is 16.0 Å². The monoisotopic (exact) mass is 299 g/mol. The van der Waals surface area contributed by atoms with Crippen LogP contribution in [0.1, 0.15) is 18.4 Å². The maximum atomic E-state index is 11.4. The SMILES string of the molecule is O=C(O)CCNC(=O)CCc1cccc(Br)c1. The molecule has 0 atom stereocenters. The number of hydrogen-bond acceptors (Lipinski definition) is 2. The highest BCUT2D eigenvalue weighted by molar-refractivity contribution is 9.10. The number of carbonyl (C=O) groups excluding carboxylic acids is 1. The van der Waals surface area contributed by atoms with Gasteiger partial charge in [0.15, 0.2) is 0 Å². The molecule has 2 N–H and O–H groups in total. The molecule has 0 heterocycles. The minimum atomic E-state index is -0.905. The highest BCUT2D eigenvalue weighted by Crippen LogP contribution is 2.12. The van der Waals surface area contributed by atoms with Crippen LogP contribution in [0.3, 0.4) is 0 Å². The van der Waals surface area contributed by atoms with E-state index < -0.39 is 5.97 Å². The van der Waals surface area contributed by atoms with Crippen molar-refractivity contribution in [1.29, 1.82) is 0 Å². The van der Waals surface area contributed by atoms with Crippen molar-refractivity contribution in [1.82, 2.24) is 5.32 Å². The molecule has 0 radical (unpaired) electrons. The first-order chi connectivity index (χ1) is 8.08. The van der Waals surface area contributed by atoms with Crippen molar-refractivity contribution < 1.29 is 14.7 Å². The lowest BCUT2D eigenvalue weighted by Crippen LogP contribution is -2.26. The summed E-state index contributed by atoms with van der Waals surface area (Å²) in [6, 6.07) is 7.76. The van der Waals surface area contributed by atoms with Crippen molar-refractivity contribution >= 4 is 27.8 Å². The summed E-state index contributed by atoms with van der Waals surface area (Å²) in [4.78, 5) is 21.6. The van der Waals surface area contributed by atoms with Crippen molar-refractivity contribution in [3.8, 4) is 0 Å². The molecule has 4 nitrogen and oxygen atoms in total. The van der Waals surface area contributed by atoms with Gasteiger partial charge in [0.1, 0.15) is 0 Å². The molecule has 5 heteroatoms. The summed E-state index contributed by atoms with van der Waals surface area (Å²) in [6.45, 7) is 0.187. The molecule has 0 aliphatic heterocycles. The molecular formula is C12H14BrNO3. The Hall–Kier alpha value is -1.36. The normalized spacial score (nSPS) is 9.94. The summed E-state index contributed by atoms with van der Waals surface area (Å²) in [6.07, 6.45) is 0.983. The van der Waals surface area contributed by atoms with E-state index in [1.54, 1.807) is 0 Å². The third-order valence-corrected chi connectivity index (χ3v) is 2.68. The molecule has 1 rings (SSSR count). The van der Waals surface area contributed by atoms with Gasteiger partial charge in [-0.1, -0.05) is 28.1 Å². The summed E-state index contributed by atoms with van der Waals surface area (Å²) in [5.74, 6) is -1.02. The van der Waals surface area contributed by atoms with Crippen LogP contribution in [0.5, 0.6) is 0 Å². The molecule has 0 aromatic heterocycles. The Morgan fingerprint density at radius 2 is 2.06 bits per heavy atom. The van der Waals surface area contributed by atoms with Crippen LogP contribution < -0.4 is 5.32 Å². The second-order valence-corrected chi connectivity index (χ2v) is 4.54. The molecule has 92 valence electrons. The molecule has 17 heavy (non-hydrogen) atoms. The van der Waals surface area contributed by atoms with E-state index in [2.05, 4.69) is 21.2 Å². The number of hydrogen-bond donors (Lipinski definition) is 2. The number of carboxylic acid groups (broad SMARTS) is 1. The van der Waals surface area contributed by atoms with Gasteiger partial charge < -0.3 is 10.4 Å². The Labute approximate surface area is 108 Å². The number of carbonyl (C=O) groups is 2. The highest BCUT2D eigenvalue weighted by Gasteiger charge is 2.03. The zero-order valence-electron chi connectivity index (χ0n) is 9.28. The van der Waals surface area contributed by atoms with E-state index in [1.165, 1.54) is 0 Å². The fourth-order valence-electron chi connectivity index (χ4n) is 1.35. The van der Waals surface area contributed by atoms with Crippen LogP contribution in [0.4, 0.5) is 0 Å².